The van der Waals surface area contributed by atoms with Crippen molar-refractivity contribution < 1.29 is 9.47 Å². The molecule has 4 aromatic rings. The lowest BCUT2D eigenvalue weighted by Crippen LogP contribution is -2.10. The molecule has 43 heavy (non-hydrogen) atoms. The van der Waals surface area contributed by atoms with Gasteiger partial charge in [0.1, 0.15) is 23.0 Å². The van der Waals surface area contributed by atoms with Gasteiger partial charge in [0, 0.05) is 17.3 Å². The zero-order valence-corrected chi connectivity index (χ0v) is 25.6. The van der Waals surface area contributed by atoms with Crippen molar-refractivity contribution in [2.45, 2.75) is 95.3 Å². The van der Waals surface area contributed by atoms with Crippen molar-refractivity contribution in [1.82, 2.24) is 0 Å². The van der Waals surface area contributed by atoms with Gasteiger partial charge in [0.15, 0.2) is 0 Å². The van der Waals surface area contributed by atoms with Crippen molar-refractivity contribution in [3.63, 3.8) is 0 Å². The van der Waals surface area contributed by atoms with Gasteiger partial charge >= 0.3 is 0 Å². The molecule has 2 aliphatic rings. The highest BCUT2D eigenvalue weighted by molar-refractivity contribution is 5.50. The number of nitrogen functional groups attached to an aromatic ring is 2. The van der Waals surface area contributed by atoms with E-state index >= 15 is 0 Å². The summed E-state index contributed by atoms with van der Waals surface area (Å²) in [6.07, 6.45) is 13.7. The Morgan fingerprint density at radius 2 is 0.953 bits per heavy atom. The lowest BCUT2D eigenvalue weighted by Gasteiger charge is -2.28. The van der Waals surface area contributed by atoms with E-state index in [1.54, 1.807) is 0 Å². The van der Waals surface area contributed by atoms with E-state index in [9.17, 15) is 0 Å². The van der Waals surface area contributed by atoms with Crippen LogP contribution >= 0.6 is 0 Å². The third kappa shape index (κ3) is 7.01. The van der Waals surface area contributed by atoms with Crippen LogP contribution in [0.5, 0.6) is 23.0 Å². The van der Waals surface area contributed by atoms with Gasteiger partial charge in [0.2, 0.25) is 0 Å². The molecule has 0 unspecified atom stereocenters. The van der Waals surface area contributed by atoms with Crippen molar-refractivity contribution >= 4 is 11.4 Å². The van der Waals surface area contributed by atoms with Gasteiger partial charge in [-0.3, -0.25) is 0 Å². The van der Waals surface area contributed by atoms with Gasteiger partial charge in [-0.15, -0.1) is 0 Å². The highest BCUT2D eigenvalue weighted by Gasteiger charge is 2.25. The Morgan fingerprint density at radius 1 is 0.558 bits per heavy atom. The second-order valence-corrected chi connectivity index (χ2v) is 12.6. The summed E-state index contributed by atoms with van der Waals surface area (Å²) >= 11 is 0. The van der Waals surface area contributed by atoms with Crippen LogP contribution in [0.1, 0.15) is 118 Å². The maximum atomic E-state index is 6.49. The van der Waals surface area contributed by atoms with Crippen LogP contribution in [0.15, 0.2) is 84.9 Å². The first-order valence-corrected chi connectivity index (χ1v) is 16.4. The fraction of sp³-hybridized carbons (Fsp3) is 0.385. The summed E-state index contributed by atoms with van der Waals surface area (Å²) in [5.74, 6) is 4.99. The van der Waals surface area contributed by atoms with Crippen molar-refractivity contribution in [1.29, 1.82) is 0 Å². The Kier molecular flexibility index (Phi) is 9.21. The minimum atomic E-state index is 0.306. The molecule has 6 rings (SSSR count). The van der Waals surface area contributed by atoms with Crippen LogP contribution in [0.25, 0.3) is 0 Å². The van der Waals surface area contributed by atoms with Crippen LogP contribution < -0.4 is 20.9 Å². The largest absolute Gasteiger partial charge is 0.457 e. The molecule has 0 radical (unpaired) electrons. The van der Waals surface area contributed by atoms with Crippen molar-refractivity contribution in [2.24, 2.45) is 0 Å². The zero-order chi connectivity index (χ0) is 29.6. The van der Waals surface area contributed by atoms with Crippen LogP contribution in [-0.4, -0.2) is 0 Å². The zero-order valence-electron chi connectivity index (χ0n) is 25.6. The molecule has 0 amide bonds. The fourth-order valence-electron chi connectivity index (χ4n) is 7.21. The summed E-state index contributed by atoms with van der Waals surface area (Å²) in [5, 5.41) is 0. The second kappa shape index (κ2) is 13.6. The van der Waals surface area contributed by atoms with Gasteiger partial charge in [0.05, 0.1) is 0 Å². The molecule has 0 aromatic heterocycles. The predicted octanol–water partition coefficient (Wildman–Crippen LogP) is 11.1. The van der Waals surface area contributed by atoms with Gasteiger partial charge in [0.25, 0.3) is 0 Å². The van der Waals surface area contributed by atoms with Crippen LogP contribution in [0.2, 0.25) is 0 Å². The molecule has 4 heteroatoms. The quantitative estimate of drug-likeness (QED) is 0.195. The molecular formula is C39H46N2O2. The molecule has 2 saturated carbocycles. The third-order valence-corrected chi connectivity index (χ3v) is 9.59. The van der Waals surface area contributed by atoms with E-state index < -0.39 is 0 Å². The molecule has 0 spiro atoms. The second-order valence-electron chi connectivity index (χ2n) is 12.6. The molecule has 0 heterocycles. The summed E-state index contributed by atoms with van der Waals surface area (Å²) in [5.41, 5.74) is 18.8. The molecule has 0 bridgehead atoms. The molecule has 224 valence electrons. The SMILES string of the molecule is CCC(c1ccc(Oc2ccc(N)cc2)c(C2CCCCC2)c1)c1ccc(Oc2ccc(N)cc2)c(C2CCCCC2)c1. The number of benzene rings is 4. The average molecular weight is 575 g/mol. The Hall–Kier alpha value is -3.92. The molecule has 0 atom stereocenters. The van der Waals surface area contributed by atoms with Gasteiger partial charge in [-0.1, -0.05) is 69.7 Å². The maximum absolute atomic E-state index is 6.49. The van der Waals surface area contributed by atoms with Gasteiger partial charge in [-0.2, -0.15) is 0 Å². The first-order chi connectivity index (χ1) is 21.1. The van der Waals surface area contributed by atoms with Crippen LogP contribution in [-0.2, 0) is 0 Å². The Labute approximate surface area is 257 Å². The lowest BCUT2D eigenvalue weighted by molar-refractivity contribution is 0.418. The minimum Gasteiger partial charge on any atom is -0.457 e. The minimum absolute atomic E-state index is 0.306. The molecule has 2 fully saturated rings. The topological polar surface area (TPSA) is 70.5 Å². The standard InChI is InChI=1S/C39H46N2O2/c1-2-35(29-13-23-38(42-33-19-15-31(40)16-20-33)36(25-29)27-9-5-3-6-10-27)30-14-24-39(43-34-21-17-32(41)18-22-34)37(26-30)28-11-7-4-8-12-28/h13-28,35H,2-12,40-41H2,1H3. The summed E-state index contributed by atoms with van der Waals surface area (Å²) in [6, 6.07) is 29.4. The predicted molar refractivity (Wildman–Crippen MR) is 179 cm³/mol. The van der Waals surface area contributed by atoms with E-state index in [0.29, 0.717) is 17.8 Å². The molecule has 4 nitrogen and oxygen atoms in total. The number of ether oxygens (including phenoxy) is 2. The first kappa shape index (κ1) is 29.2. The molecule has 4 N–H and O–H groups in total. The Morgan fingerprint density at radius 3 is 1.33 bits per heavy atom. The van der Waals surface area contributed by atoms with Crippen molar-refractivity contribution in [2.75, 3.05) is 11.5 Å². The highest BCUT2D eigenvalue weighted by Crippen LogP contribution is 2.44. The molecule has 4 aromatic carbocycles. The molecule has 2 aliphatic carbocycles. The Balaban J connectivity index is 1.35. The fourth-order valence-corrected chi connectivity index (χ4v) is 7.21. The lowest BCUT2D eigenvalue weighted by atomic mass is 9.79. The van der Waals surface area contributed by atoms with E-state index in [4.69, 9.17) is 20.9 Å². The van der Waals surface area contributed by atoms with E-state index in [-0.39, 0.29) is 0 Å². The summed E-state index contributed by atoms with van der Waals surface area (Å²) in [4.78, 5) is 0. The van der Waals surface area contributed by atoms with Crippen LogP contribution in [0, 0.1) is 0 Å². The summed E-state index contributed by atoms with van der Waals surface area (Å²) in [6.45, 7) is 2.31. The third-order valence-electron chi connectivity index (χ3n) is 9.59. The van der Waals surface area contributed by atoms with Crippen LogP contribution in [0.3, 0.4) is 0 Å². The van der Waals surface area contributed by atoms with Crippen molar-refractivity contribution in [3.05, 3.63) is 107 Å². The smallest absolute Gasteiger partial charge is 0.130 e. The van der Waals surface area contributed by atoms with E-state index in [0.717, 1.165) is 40.8 Å². The highest BCUT2D eigenvalue weighted by atomic mass is 16.5. The van der Waals surface area contributed by atoms with E-state index in [2.05, 4.69) is 43.3 Å². The van der Waals surface area contributed by atoms with Gasteiger partial charge < -0.3 is 20.9 Å². The normalized spacial score (nSPS) is 16.3. The van der Waals surface area contributed by atoms with Crippen molar-refractivity contribution in [3.8, 4) is 23.0 Å². The number of nitrogens with two attached hydrogens (primary N) is 2. The summed E-state index contributed by atoms with van der Waals surface area (Å²) in [7, 11) is 0. The number of hydrogen-bond donors (Lipinski definition) is 2. The van der Waals surface area contributed by atoms with E-state index in [1.165, 1.54) is 86.5 Å². The van der Waals surface area contributed by atoms with E-state index in [1.807, 2.05) is 48.5 Å². The summed E-state index contributed by atoms with van der Waals surface area (Å²) < 4.78 is 13.0. The molecular weight excluding hydrogens is 528 g/mol. The number of hydrogen-bond acceptors (Lipinski definition) is 4. The maximum Gasteiger partial charge on any atom is 0.130 e. The number of anilines is 2. The van der Waals surface area contributed by atoms with Crippen LogP contribution in [0.4, 0.5) is 11.4 Å². The van der Waals surface area contributed by atoms with Gasteiger partial charge in [-0.25, -0.2) is 0 Å². The monoisotopic (exact) mass is 574 g/mol. The van der Waals surface area contributed by atoms with Gasteiger partial charge in [-0.05, 0) is 127 Å². The average Bonchev–Trinajstić information content (AvgIpc) is 3.05. The first-order valence-electron chi connectivity index (χ1n) is 16.4. The molecule has 0 aliphatic heterocycles. The Bertz CT molecular complexity index is 1370. The number of rotatable bonds is 9. The molecule has 0 saturated heterocycles.